The van der Waals surface area contributed by atoms with E-state index < -0.39 is 12.0 Å². The van der Waals surface area contributed by atoms with Gasteiger partial charge in [-0.3, -0.25) is 14.3 Å². The zero-order valence-electron chi connectivity index (χ0n) is 20.2. The summed E-state index contributed by atoms with van der Waals surface area (Å²) in [6, 6.07) is 11.3. The predicted molar refractivity (Wildman–Crippen MR) is 136 cm³/mol. The van der Waals surface area contributed by atoms with Crippen LogP contribution in [-0.4, -0.2) is 57.4 Å². The molecule has 2 N–H and O–H groups in total. The van der Waals surface area contributed by atoms with Gasteiger partial charge in [0.25, 0.3) is 11.8 Å². The highest BCUT2D eigenvalue weighted by atomic mass is 35.5. The van der Waals surface area contributed by atoms with E-state index in [2.05, 4.69) is 10.4 Å². The van der Waals surface area contributed by atoms with Crippen LogP contribution < -0.4 is 14.8 Å². The Hall–Kier alpha value is -3.56. The van der Waals surface area contributed by atoms with Crippen LogP contribution in [0.1, 0.15) is 46.9 Å². The molecular weight excluding hydrogens is 484 g/mol. The van der Waals surface area contributed by atoms with E-state index in [1.54, 1.807) is 60.4 Å². The number of carbonyl (C=O) groups excluding carboxylic acids is 2. The van der Waals surface area contributed by atoms with Crippen molar-refractivity contribution in [3.63, 3.8) is 0 Å². The number of rotatable bonds is 9. The van der Waals surface area contributed by atoms with Gasteiger partial charge in [0.1, 0.15) is 23.4 Å². The molecule has 1 aliphatic heterocycles. The molecule has 2 aromatic carbocycles. The molecule has 1 aliphatic rings. The van der Waals surface area contributed by atoms with Gasteiger partial charge in [0.2, 0.25) is 0 Å². The molecule has 3 aromatic rings. The number of hydrogen-bond donors (Lipinski definition) is 2. The number of ether oxygens (including phenoxy) is 2. The first-order chi connectivity index (χ1) is 17.4. The van der Waals surface area contributed by atoms with Crippen LogP contribution in [0.25, 0.3) is 0 Å². The summed E-state index contributed by atoms with van der Waals surface area (Å²) in [5.74, 6) is 0.943. The van der Waals surface area contributed by atoms with E-state index in [0.29, 0.717) is 35.1 Å². The van der Waals surface area contributed by atoms with Crippen LogP contribution >= 0.6 is 11.6 Å². The number of nitrogens with one attached hydrogen (secondary N) is 1. The maximum absolute atomic E-state index is 12.9. The molecule has 1 saturated heterocycles. The number of halogens is 1. The smallest absolute Gasteiger partial charge is 0.257 e. The molecule has 9 nitrogen and oxygen atoms in total. The molecule has 1 aromatic heterocycles. The maximum atomic E-state index is 12.9. The highest BCUT2D eigenvalue weighted by Gasteiger charge is 2.21. The number of amides is 2. The lowest BCUT2D eigenvalue weighted by Gasteiger charge is -2.18. The largest absolute Gasteiger partial charge is 0.488 e. The summed E-state index contributed by atoms with van der Waals surface area (Å²) in [7, 11) is 1.75. The molecular formula is C26H29ClN4O5. The molecule has 1 atom stereocenters. The summed E-state index contributed by atoms with van der Waals surface area (Å²) < 4.78 is 13.4. The molecule has 0 saturated carbocycles. The van der Waals surface area contributed by atoms with Gasteiger partial charge in [-0.1, -0.05) is 18.5 Å². The Morgan fingerprint density at radius 3 is 2.50 bits per heavy atom. The third-order valence-corrected chi connectivity index (χ3v) is 6.15. The van der Waals surface area contributed by atoms with Crippen molar-refractivity contribution in [3.05, 3.63) is 64.8 Å². The van der Waals surface area contributed by atoms with E-state index in [4.69, 9.17) is 21.1 Å². The van der Waals surface area contributed by atoms with Gasteiger partial charge in [0.15, 0.2) is 5.82 Å². The van der Waals surface area contributed by atoms with Crippen molar-refractivity contribution >= 4 is 29.2 Å². The van der Waals surface area contributed by atoms with Crippen molar-refractivity contribution in [2.75, 3.05) is 25.0 Å². The third-order valence-electron chi connectivity index (χ3n) is 5.86. The van der Waals surface area contributed by atoms with E-state index in [-0.39, 0.29) is 23.1 Å². The van der Waals surface area contributed by atoms with Gasteiger partial charge in [-0.05, 0) is 49.6 Å². The Morgan fingerprint density at radius 1 is 1.11 bits per heavy atom. The molecule has 10 heteroatoms. The normalized spacial score (nSPS) is 13.9. The lowest BCUT2D eigenvalue weighted by Crippen LogP contribution is -2.27. The van der Waals surface area contributed by atoms with Crippen LogP contribution in [0.5, 0.6) is 17.2 Å². The molecule has 1 unspecified atom stereocenters. The number of anilines is 1. The van der Waals surface area contributed by atoms with Crippen LogP contribution in [-0.2, 0) is 7.05 Å². The van der Waals surface area contributed by atoms with Gasteiger partial charge in [-0.25, -0.2) is 0 Å². The third kappa shape index (κ3) is 6.16. The molecule has 0 radical (unpaired) electrons. The van der Waals surface area contributed by atoms with Crippen LogP contribution in [0.3, 0.4) is 0 Å². The van der Waals surface area contributed by atoms with Crippen molar-refractivity contribution in [1.82, 2.24) is 14.7 Å². The van der Waals surface area contributed by atoms with Gasteiger partial charge in [-0.15, -0.1) is 0 Å². The van der Waals surface area contributed by atoms with E-state index in [1.165, 1.54) is 0 Å². The van der Waals surface area contributed by atoms with E-state index in [1.807, 2.05) is 11.8 Å². The van der Waals surface area contributed by atoms with Crippen molar-refractivity contribution in [2.24, 2.45) is 7.05 Å². The second-order valence-corrected chi connectivity index (χ2v) is 9.01. The maximum Gasteiger partial charge on any atom is 0.257 e. The predicted octanol–water partition coefficient (Wildman–Crippen LogP) is 4.50. The van der Waals surface area contributed by atoms with Gasteiger partial charge in [-0.2, -0.15) is 5.10 Å². The summed E-state index contributed by atoms with van der Waals surface area (Å²) in [6.07, 6.45) is 3.87. The summed E-state index contributed by atoms with van der Waals surface area (Å²) in [6.45, 7) is 3.21. The average molecular weight is 513 g/mol. The molecule has 36 heavy (non-hydrogen) atoms. The van der Waals surface area contributed by atoms with Crippen LogP contribution in [0.15, 0.2) is 48.7 Å². The molecule has 2 heterocycles. The summed E-state index contributed by atoms with van der Waals surface area (Å²) in [4.78, 5) is 27.4. The van der Waals surface area contributed by atoms with Gasteiger partial charge in [0.05, 0.1) is 11.6 Å². The molecule has 4 rings (SSSR count). The summed E-state index contributed by atoms with van der Waals surface area (Å²) in [5.41, 5.74) is 0.772. The fraction of sp³-hybridized carbons (Fsp3) is 0.346. The first-order valence-electron chi connectivity index (χ1n) is 11.9. The molecule has 0 aliphatic carbocycles. The van der Waals surface area contributed by atoms with Crippen LogP contribution in [0.4, 0.5) is 5.82 Å². The van der Waals surface area contributed by atoms with E-state index >= 15 is 0 Å². The quantitative estimate of drug-likeness (QED) is 0.437. The van der Waals surface area contributed by atoms with Gasteiger partial charge < -0.3 is 24.8 Å². The second-order valence-electron chi connectivity index (χ2n) is 8.60. The first kappa shape index (κ1) is 25.5. The Balaban J connectivity index is 1.58. The highest BCUT2D eigenvalue weighted by molar-refractivity contribution is 6.32. The van der Waals surface area contributed by atoms with Crippen LogP contribution in [0, 0.1) is 0 Å². The fourth-order valence-electron chi connectivity index (χ4n) is 3.89. The molecule has 1 fully saturated rings. The van der Waals surface area contributed by atoms with Gasteiger partial charge in [0, 0.05) is 49.6 Å². The number of likely N-dealkylation sites (tertiary alicyclic amines) is 1. The lowest BCUT2D eigenvalue weighted by atomic mass is 10.1. The minimum Gasteiger partial charge on any atom is -0.488 e. The minimum absolute atomic E-state index is 0.0561. The number of carbonyl (C=O) groups is 2. The Labute approximate surface area is 214 Å². The van der Waals surface area contributed by atoms with Crippen molar-refractivity contribution in [2.45, 2.75) is 32.3 Å². The highest BCUT2D eigenvalue weighted by Crippen LogP contribution is 2.34. The van der Waals surface area contributed by atoms with Crippen molar-refractivity contribution in [1.29, 1.82) is 0 Å². The lowest BCUT2D eigenvalue weighted by molar-refractivity contribution is 0.0792. The average Bonchev–Trinajstić information content (AvgIpc) is 3.55. The number of hydrogen-bond acceptors (Lipinski definition) is 6. The first-order valence-corrected chi connectivity index (χ1v) is 12.2. The monoisotopic (exact) mass is 512 g/mol. The number of aryl methyl sites for hydroxylation is 1. The molecule has 2 amide bonds. The Morgan fingerprint density at radius 2 is 1.86 bits per heavy atom. The SMILES string of the molecule is CCC(CO)Oc1cc(Oc2ccc(C(=O)N3CCCC3)cc2Cl)cc(C(=O)Nc2ccn(C)n2)c1. The van der Waals surface area contributed by atoms with E-state index in [0.717, 1.165) is 25.9 Å². The zero-order valence-corrected chi connectivity index (χ0v) is 21.0. The number of aromatic nitrogens is 2. The zero-order chi connectivity index (χ0) is 25.7. The number of nitrogens with zero attached hydrogens (tertiary/aromatic N) is 3. The standard InChI is InChI=1S/C26H29ClN4O5/c1-3-19(16-32)35-20-12-18(25(33)28-24-8-11-30(2)29-24)13-21(15-20)36-23-7-6-17(14-22(23)27)26(34)31-9-4-5-10-31/h6-8,11-15,19,32H,3-5,9-10,16H2,1-2H3,(H,28,29,33). The van der Waals surface area contributed by atoms with Crippen molar-refractivity contribution < 1.29 is 24.2 Å². The Kier molecular flexibility index (Phi) is 8.12. The minimum atomic E-state index is -0.438. The molecule has 190 valence electrons. The molecule has 0 spiro atoms. The summed E-state index contributed by atoms with van der Waals surface area (Å²) in [5, 5.41) is 16.7. The topological polar surface area (TPSA) is 106 Å². The Bertz CT molecular complexity index is 1230. The number of aliphatic hydroxyl groups excluding tert-OH is 1. The van der Waals surface area contributed by atoms with Crippen LogP contribution in [0.2, 0.25) is 5.02 Å². The molecule has 0 bridgehead atoms. The number of aliphatic hydroxyl groups is 1. The number of benzene rings is 2. The van der Waals surface area contributed by atoms with E-state index in [9.17, 15) is 14.7 Å². The van der Waals surface area contributed by atoms with Crippen molar-refractivity contribution in [3.8, 4) is 17.2 Å². The van der Waals surface area contributed by atoms with Gasteiger partial charge >= 0.3 is 0 Å². The fourth-order valence-corrected chi connectivity index (χ4v) is 4.11. The summed E-state index contributed by atoms with van der Waals surface area (Å²) >= 11 is 6.46. The second kappa shape index (κ2) is 11.5.